The van der Waals surface area contributed by atoms with Gasteiger partial charge in [-0.2, -0.15) is 0 Å². The molecule has 3 aromatic heterocycles. The van der Waals surface area contributed by atoms with Gasteiger partial charge in [-0.3, -0.25) is 19.7 Å². The molecule has 0 fully saturated rings. The number of halogens is 2. The van der Waals surface area contributed by atoms with Crippen LogP contribution in [0.2, 0.25) is 10.0 Å². The van der Waals surface area contributed by atoms with Gasteiger partial charge in [-0.1, -0.05) is 59.6 Å². The summed E-state index contributed by atoms with van der Waals surface area (Å²) >= 11 is 12.3. The molecule has 8 nitrogen and oxygen atoms in total. The monoisotopic (exact) mass is 572 g/mol. The van der Waals surface area contributed by atoms with Crippen molar-refractivity contribution in [2.45, 2.75) is 32.1 Å². The number of pyridine rings is 2. The van der Waals surface area contributed by atoms with Gasteiger partial charge in [0, 0.05) is 38.1 Å². The molecule has 1 atom stereocenters. The van der Waals surface area contributed by atoms with Gasteiger partial charge in [-0.05, 0) is 35.4 Å². The number of carbonyl (C=O) groups excluding carboxylic acids is 1. The number of amides is 1. The van der Waals surface area contributed by atoms with Crippen molar-refractivity contribution >= 4 is 40.1 Å². The zero-order chi connectivity index (χ0) is 27.5. The molecular formula is C30H26Cl2N6O2. The van der Waals surface area contributed by atoms with Crippen LogP contribution in [-0.2, 0) is 19.6 Å². The average molecular weight is 573 g/mol. The highest BCUT2D eigenvalue weighted by Gasteiger charge is 2.29. The Balaban J connectivity index is 1.24. The van der Waals surface area contributed by atoms with Crippen LogP contribution in [-0.4, -0.2) is 37.3 Å². The largest absolute Gasteiger partial charge is 0.492 e. The summed E-state index contributed by atoms with van der Waals surface area (Å²) in [5.41, 5.74) is 5.16. The minimum Gasteiger partial charge on any atom is -0.492 e. The highest BCUT2D eigenvalue weighted by atomic mass is 35.5. The van der Waals surface area contributed by atoms with Gasteiger partial charge in [0.15, 0.2) is 0 Å². The number of nitrogens with zero attached hydrogens (tertiary/aromatic N) is 4. The fourth-order valence-corrected chi connectivity index (χ4v) is 5.60. The van der Waals surface area contributed by atoms with Crippen molar-refractivity contribution in [2.75, 3.05) is 6.61 Å². The number of H-pyrrole nitrogens is 1. The van der Waals surface area contributed by atoms with Gasteiger partial charge in [0.2, 0.25) is 0 Å². The van der Waals surface area contributed by atoms with Crippen molar-refractivity contribution in [1.82, 2.24) is 30.2 Å². The molecule has 1 amide bonds. The van der Waals surface area contributed by atoms with Gasteiger partial charge in [-0.15, -0.1) is 0 Å². The predicted molar refractivity (Wildman–Crippen MR) is 154 cm³/mol. The Labute approximate surface area is 241 Å². The number of hydrogen-bond acceptors (Lipinski definition) is 6. The summed E-state index contributed by atoms with van der Waals surface area (Å²) in [5, 5.41) is 3.34. The first-order chi connectivity index (χ1) is 19.5. The first kappa shape index (κ1) is 26.3. The molecule has 0 aliphatic carbocycles. The maximum Gasteiger partial charge on any atom is 0.254 e. The summed E-state index contributed by atoms with van der Waals surface area (Å²) in [5.74, 6) is 1.36. The summed E-state index contributed by atoms with van der Waals surface area (Å²) in [7, 11) is 0. The number of fused-ring (bicyclic) bond motifs is 2. The number of hydrogen-bond donors (Lipinski definition) is 2. The number of ether oxygens (including phenoxy) is 1. The molecule has 5 aromatic rings. The van der Waals surface area contributed by atoms with Crippen molar-refractivity contribution in [3.8, 4) is 5.75 Å². The zero-order valence-corrected chi connectivity index (χ0v) is 23.0. The molecule has 0 bridgehead atoms. The Morgan fingerprint density at radius 3 is 2.70 bits per heavy atom. The van der Waals surface area contributed by atoms with Gasteiger partial charge in [0.25, 0.3) is 5.91 Å². The predicted octanol–water partition coefficient (Wildman–Crippen LogP) is 6.12. The van der Waals surface area contributed by atoms with E-state index in [0.717, 1.165) is 45.8 Å². The van der Waals surface area contributed by atoms with Gasteiger partial charge in [0.05, 0.1) is 51.5 Å². The molecule has 0 saturated heterocycles. The second-order valence-corrected chi connectivity index (χ2v) is 10.4. The Hall–Kier alpha value is -3.98. The van der Waals surface area contributed by atoms with E-state index in [1.807, 2.05) is 54.7 Å². The van der Waals surface area contributed by atoms with Crippen LogP contribution in [0.3, 0.4) is 0 Å². The minimum absolute atomic E-state index is 0.0532. The van der Waals surface area contributed by atoms with Crippen molar-refractivity contribution in [2.24, 2.45) is 0 Å². The van der Waals surface area contributed by atoms with E-state index in [9.17, 15) is 4.79 Å². The van der Waals surface area contributed by atoms with Gasteiger partial charge in [0.1, 0.15) is 11.6 Å². The number of carbonyl (C=O) groups is 1. The lowest BCUT2D eigenvalue weighted by atomic mass is 10.0. The Morgan fingerprint density at radius 1 is 1.02 bits per heavy atom. The number of para-hydroxylation sites is 2. The molecule has 4 heterocycles. The number of aromatic nitrogens is 4. The summed E-state index contributed by atoms with van der Waals surface area (Å²) in [6.07, 6.45) is 5.43. The van der Waals surface area contributed by atoms with Crippen molar-refractivity contribution < 1.29 is 9.53 Å². The van der Waals surface area contributed by atoms with Crippen LogP contribution in [0.25, 0.3) is 11.0 Å². The molecule has 0 radical (unpaired) electrons. The highest BCUT2D eigenvalue weighted by molar-refractivity contribution is 6.39. The third-order valence-electron chi connectivity index (χ3n) is 6.91. The molecule has 2 aromatic carbocycles. The van der Waals surface area contributed by atoms with Gasteiger partial charge < -0.3 is 15.0 Å². The van der Waals surface area contributed by atoms with Crippen molar-refractivity contribution in [3.05, 3.63) is 118 Å². The number of imidazole rings is 1. The van der Waals surface area contributed by atoms with Crippen LogP contribution in [0, 0.1) is 0 Å². The lowest BCUT2D eigenvalue weighted by Crippen LogP contribution is -2.33. The Bertz CT molecular complexity index is 1620. The first-order valence-electron chi connectivity index (χ1n) is 13.0. The summed E-state index contributed by atoms with van der Waals surface area (Å²) < 4.78 is 5.90. The smallest absolute Gasteiger partial charge is 0.254 e. The van der Waals surface area contributed by atoms with E-state index in [2.05, 4.69) is 37.3 Å². The van der Waals surface area contributed by atoms with Gasteiger partial charge >= 0.3 is 0 Å². The fraction of sp³-hybridized carbons (Fsp3) is 0.200. The molecule has 0 spiro atoms. The average Bonchev–Trinajstić information content (AvgIpc) is 3.38. The number of rotatable bonds is 8. The normalized spacial score (nSPS) is 14.6. The molecule has 0 saturated carbocycles. The molecule has 1 aliphatic rings. The molecular weight excluding hydrogens is 547 g/mol. The third-order valence-corrected chi connectivity index (χ3v) is 7.48. The summed E-state index contributed by atoms with van der Waals surface area (Å²) in [6.45, 7) is 2.20. The van der Waals surface area contributed by atoms with E-state index < -0.39 is 0 Å². The van der Waals surface area contributed by atoms with Crippen molar-refractivity contribution in [1.29, 1.82) is 0 Å². The van der Waals surface area contributed by atoms with E-state index >= 15 is 0 Å². The van der Waals surface area contributed by atoms with Crippen LogP contribution >= 0.6 is 23.2 Å². The molecule has 2 N–H and O–H groups in total. The van der Waals surface area contributed by atoms with Crippen LogP contribution in [0.1, 0.15) is 45.5 Å². The maximum absolute atomic E-state index is 12.8. The third kappa shape index (κ3) is 5.65. The topological polar surface area (TPSA) is 96.0 Å². The lowest BCUT2D eigenvalue weighted by molar-refractivity contribution is 0.0951. The number of aromatic amines is 1. The summed E-state index contributed by atoms with van der Waals surface area (Å²) in [6, 6.07) is 20.1. The highest BCUT2D eigenvalue weighted by Crippen LogP contribution is 2.36. The second-order valence-electron chi connectivity index (χ2n) is 9.63. The number of benzene rings is 2. The fourth-order valence-electron chi connectivity index (χ4n) is 5.07. The van der Waals surface area contributed by atoms with Gasteiger partial charge in [-0.25, -0.2) is 4.98 Å². The number of nitrogens with one attached hydrogen (secondary N) is 2. The van der Waals surface area contributed by atoms with Crippen molar-refractivity contribution in [3.63, 3.8) is 0 Å². The summed E-state index contributed by atoms with van der Waals surface area (Å²) in [4.78, 5) is 32.0. The SMILES string of the molecule is O=C(NCc1cccc(CN(Cc2nc3ccccc3[nH]2)C2CCOc3cccnc32)c1)c1c(Cl)cncc1Cl. The molecule has 40 heavy (non-hydrogen) atoms. The van der Waals surface area contributed by atoms with E-state index in [1.54, 1.807) is 0 Å². The molecule has 10 heteroatoms. The minimum atomic E-state index is -0.348. The Morgan fingerprint density at radius 2 is 1.85 bits per heavy atom. The lowest BCUT2D eigenvalue weighted by Gasteiger charge is -2.34. The van der Waals surface area contributed by atoms with Crippen LogP contribution in [0.5, 0.6) is 5.75 Å². The Kier molecular flexibility index (Phi) is 7.64. The molecule has 6 rings (SSSR count). The second kappa shape index (κ2) is 11.6. The van der Waals surface area contributed by atoms with Crippen LogP contribution in [0.15, 0.2) is 79.3 Å². The first-order valence-corrected chi connectivity index (χ1v) is 13.7. The van der Waals surface area contributed by atoms with E-state index in [1.165, 1.54) is 12.4 Å². The molecule has 1 aliphatic heterocycles. The van der Waals surface area contributed by atoms with E-state index in [-0.39, 0.29) is 27.6 Å². The van der Waals surface area contributed by atoms with Crippen LogP contribution in [0.4, 0.5) is 0 Å². The van der Waals surface area contributed by atoms with E-state index in [0.29, 0.717) is 26.2 Å². The zero-order valence-electron chi connectivity index (χ0n) is 21.5. The van der Waals surface area contributed by atoms with Crippen LogP contribution < -0.4 is 10.1 Å². The quantitative estimate of drug-likeness (QED) is 0.232. The van der Waals surface area contributed by atoms with E-state index in [4.69, 9.17) is 32.9 Å². The molecule has 202 valence electrons. The maximum atomic E-state index is 12.8. The standard InChI is InChI=1S/C30H26Cl2N6O2/c31-21-15-33-16-22(32)28(21)30(39)35-14-19-5-3-6-20(13-19)17-38(18-27-36-23-7-1-2-8-24(23)37-27)25-10-12-40-26-9-4-11-34-29(25)26/h1-9,11,13,15-16,25H,10,12,14,17-18H2,(H,35,39)(H,36,37). The molecule has 1 unspecified atom stereocenters.